The average Bonchev–Trinajstić information content (AvgIpc) is 2.92. The van der Waals surface area contributed by atoms with Gasteiger partial charge in [-0.1, -0.05) is 26.2 Å². The van der Waals surface area contributed by atoms with Crippen molar-refractivity contribution in [2.75, 3.05) is 0 Å². The summed E-state index contributed by atoms with van der Waals surface area (Å²) >= 11 is 0. The highest BCUT2D eigenvalue weighted by molar-refractivity contribution is 6.22. The lowest BCUT2D eigenvalue weighted by Crippen LogP contribution is -2.51. The molecule has 1 saturated carbocycles. The van der Waals surface area contributed by atoms with E-state index in [1.165, 1.54) is 30.0 Å². The van der Waals surface area contributed by atoms with Crippen molar-refractivity contribution >= 4 is 23.7 Å². The topological polar surface area (TPSA) is 104 Å². The van der Waals surface area contributed by atoms with Crippen LogP contribution in [0.3, 0.4) is 0 Å². The SMILES string of the molecule is CCC(C)(NC(=O)c1ccc2c(c1)C(=O)N(C1CCCCC1)C2=O)C(=O)O. The number of carboxylic acids is 1. The van der Waals surface area contributed by atoms with Gasteiger partial charge < -0.3 is 10.4 Å². The van der Waals surface area contributed by atoms with Crippen molar-refractivity contribution in [2.24, 2.45) is 0 Å². The zero-order valence-corrected chi connectivity index (χ0v) is 15.6. The third-order valence-electron chi connectivity index (χ3n) is 5.69. The molecule has 1 unspecified atom stereocenters. The van der Waals surface area contributed by atoms with Crippen LogP contribution in [-0.4, -0.2) is 45.3 Å². The Morgan fingerprint density at radius 2 is 1.78 bits per heavy atom. The molecule has 3 amide bonds. The number of hydrogen-bond acceptors (Lipinski definition) is 4. The highest BCUT2D eigenvalue weighted by Gasteiger charge is 2.41. The molecule has 3 rings (SSSR count). The van der Waals surface area contributed by atoms with Gasteiger partial charge in [-0.15, -0.1) is 0 Å². The van der Waals surface area contributed by atoms with E-state index in [0.717, 1.165) is 32.1 Å². The molecule has 0 aromatic heterocycles. The lowest BCUT2D eigenvalue weighted by Gasteiger charge is -2.29. The molecule has 1 fully saturated rings. The number of aliphatic carboxylic acids is 1. The molecule has 2 aliphatic rings. The number of benzene rings is 1. The Morgan fingerprint density at radius 3 is 2.37 bits per heavy atom. The second-order valence-electron chi connectivity index (χ2n) is 7.48. The first-order chi connectivity index (χ1) is 12.8. The Hall–Kier alpha value is -2.70. The van der Waals surface area contributed by atoms with Crippen molar-refractivity contribution in [1.82, 2.24) is 10.2 Å². The Labute approximate surface area is 157 Å². The molecule has 0 spiro atoms. The summed E-state index contributed by atoms with van der Waals surface area (Å²) in [5, 5.41) is 11.8. The molecule has 2 N–H and O–H groups in total. The normalized spacial score (nSPS) is 19.6. The number of nitrogens with one attached hydrogen (secondary N) is 1. The van der Waals surface area contributed by atoms with Gasteiger partial charge in [-0.25, -0.2) is 4.79 Å². The highest BCUT2D eigenvalue weighted by Crippen LogP contribution is 2.31. The number of amides is 3. The summed E-state index contributed by atoms with van der Waals surface area (Å²) in [7, 11) is 0. The fourth-order valence-corrected chi connectivity index (χ4v) is 3.69. The van der Waals surface area contributed by atoms with E-state index in [2.05, 4.69) is 5.32 Å². The average molecular weight is 372 g/mol. The number of carbonyl (C=O) groups is 4. The minimum Gasteiger partial charge on any atom is -0.480 e. The van der Waals surface area contributed by atoms with Gasteiger partial charge in [0.15, 0.2) is 0 Å². The molecule has 27 heavy (non-hydrogen) atoms. The maximum Gasteiger partial charge on any atom is 0.329 e. The number of imide groups is 1. The van der Waals surface area contributed by atoms with Gasteiger partial charge in [0.25, 0.3) is 17.7 Å². The molecule has 1 heterocycles. The molecular weight excluding hydrogens is 348 g/mol. The minimum absolute atomic E-state index is 0.0844. The van der Waals surface area contributed by atoms with Crippen LogP contribution in [-0.2, 0) is 4.79 Å². The number of carbonyl (C=O) groups excluding carboxylic acids is 3. The summed E-state index contributed by atoms with van der Waals surface area (Å²) in [4.78, 5) is 50.7. The van der Waals surface area contributed by atoms with Crippen LogP contribution in [0.15, 0.2) is 18.2 Å². The fourth-order valence-electron chi connectivity index (χ4n) is 3.69. The Balaban J connectivity index is 1.85. The summed E-state index contributed by atoms with van der Waals surface area (Å²) in [6.45, 7) is 3.10. The highest BCUT2D eigenvalue weighted by atomic mass is 16.4. The monoisotopic (exact) mass is 372 g/mol. The van der Waals surface area contributed by atoms with Crippen LogP contribution in [0.1, 0.15) is 83.4 Å². The minimum atomic E-state index is -1.40. The summed E-state index contributed by atoms with van der Waals surface area (Å²) in [5.41, 5.74) is -0.712. The smallest absolute Gasteiger partial charge is 0.329 e. The van der Waals surface area contributed by atoms with Gasteiger partial charge in [-0.3, -0.25) is 19.3 Å². The van der Waals surface area contributed by atoms with E-state index in [0.29, 0.717) is 5.56 Å². The van der Waals surface area contributed by atoms with Gasteiger partial charge in [0.2, 0.25) is 0 Å². The van der Waals surface area contributed by atoms with Crippen molar-refractivity contribution in [3.63, 3.8) is 0 Å². The molecule has 0 radical (unpaired) electrons. The molecule has 144 valence electrons. The molecule has 7 heteroatoms. The predicted octanol–water partition coefficient (Wildman–Crippen LogP) is 2.60. The van der Waals surface area contributed by atoms with Gasteiger partial charge in [0, 0.05) is 11.6 Å². The summed E-state index contributed by atoms with van der Waals surface area (Å²) in [6, 6.07) is 4.25. The fraction of sp³-hybridized carbons (Fsp3) is 0.500. The van der Waals surface area contributed by atoms with E-state index >= 15 is 0 Å². The third kappa shape index (κ3) is 3.34. The van der Waals surface area contributed by atoms with Gasteiger partial charge >= 0.3 is 5.97 Å². The zero-order chi connectivity index (χ0) is 19.8. The van der Waals surface area contributed by atoms with Gasteiger partial charge in [-0.2, -0.15) is 0 Å². The summed E-state index contributed by atoms with van der Waals surface area (Å²) < 4.78 is 0. The quantitative estimate of drug-likeness (QED) is 0.773. The molecule has 1 aliphatic heterocycles. The van der Waals surface area contributed by atoms with Crippen molar-refractivity contribution in [3.05, 3.63) is 34.9 Å². The van der Waals surface area contributed by atoms with Crippen LogP contribution in [0.4, 0.5) is 0 Å². The first kappa shape index (κ1) is 19.1. The van der Waals surface area contributed by atoms with Crippen LogP contribution in [0.2, 0.25) is 0 Å². The largest absolute Gasteiger partial charge is 0.480 e. The maximum atomic E-state index is 12.8. The Morgan fingerprint density at radius 1 is 1.15 bits per heavy atom. The molecule has 0 bridgehead atoms. The molecule has 0 saturated heterocycles. The molecule has 7 nitrogen and oxygen atoms in total. The standard InChI is InChI=1S/C20H24N2O5/c1-3-20(2,19(26)27)21-16(23)12-9-10-14-15(11-12)18(25)22(17(14)24)13-7-5-4-6-8-13/h9-11,13H,3-8H2,1-2H3,(H,21,23)(H,26,27). The van der Waals surface area contributed by atoms with Crippen LogP contribution in [0.5, 0.6) is 0 Å². The van der Waals surface area contributed by atoms with E-state index in [-0.39, 0.29) is 35.4 Å². The van der Waals surface area contributed by atoms with Crippen LogP contribution in [0.25, 0.3) is 0 Å². The molecule has 1 aromatic carbocycles. The van der Waals surface area contributed by atoms with Crippen molar-refractivity contribution in [1.29, 1.82) is 0 Å². The van der Waals surface area contributed by atoms with Crippen LogP contribution >= 0.6 is 0 Å². The number of carboxylic acid groups (broad SMARTS) is 1. The number of fused-ring (bicyclic) bond motifs is 1. The third-order valence-corrected chi connectivity index (χ3v) is 5.69. The summed E-state index contributed by atoms with van der Waals surface area (Å²) in [5.74, 6) is -2.39. The van der Waals surface area contributed by atoms with E-state index in [4.69, 9.17) is 0 Å². The van der Waals surface area contributed by atoms with E-state index in [1.54, 1.807) is 6.92 Å². The van der Waals surface area contributed by atoms with Gasteiger partial charge in [0.05, 0.1) is 11.1 Å². The zero-order valence-electron chi connectivity index (χ0n) is 15.6. The Kier molecular flexibility index (Phi) is 5.04. The van der Waals surface area contributed by atoms with Crippen LogP contribution < -0.4 is 5.32 Å². The lowest BCUT2D eigenvalue weighted by atomic mass is 9.94. The van der Waals surface area contributed by atoms with Gasteiger partial charge in [-0.05, 0) is 44.4 Å². The molecule has 1 aliphatic carbocycles. The van der Waals surface area contributed by atoms with E-state index in [9.17, 15) is 24.3 Å². The van der Waals surface area contributed by atoms with Crippen LogP contribution in [0, 0.1) is 0 Å². The van der Waals surface area contributed by atoms with E-state index < -0.39 is 17.4 Å². The number of nitrogens with zero attached hydrogens (tertiary/aromatic N) is 1. The predicted molar refractivity (Wildman–Crippen MR) is 97.6 cm³/mol. The molecule has 1 aromatic rings. The first-order valence-corrected chi connectivity index (χ1v) is 9.36. The first-order valence-electron chi connectivity index (χ1n) is 9.36. The molecular formula is C20H24N2O5. The number of hydrogen-bond donors (Lipinski definition) is 2. The lowest BCUT2D eigenvalue weighted by molar-refractivity contribution is -0.143. The summed E-state index contributed by atoms with van der Waals surface area (Å²) in [6.07, 6.45) is 4.95. The van der Waals surface area contributed by atoms with Gasteiger partial charge in [0.1, 0.15) is 5.54 Å². The molecule has 1 atom stereocenters. The maximum absolute atomic E-state index is 12.8. The Bertz CT molecular complexity index is 813. The van der Waals surface area contributed by atoms with Crippen molar-refractivity contribution < 1.29 is 24.3 Å². The number of rotatable bonds is 5. The second-order valence-corrected chi connectivity index (χ2v) is 7.48. The van der Waals surface area contributed by atoms with Crippen molar-refractivity contribution in [2.45, 2.75) is 64.0 Å². The second kappa shape index (κ2) is 7.13. The van der Waals surface area contributed by atoms with Crippen molar-refractivity contribution in [3.8, 4) is 0 Å². The van der Waals surface area contributed by atoms with E-state index in [1.807, 2.05) is 0 Å².